The van der Waals surface area contributed by atoms with Gasteiger partial charge in [0.25, 0.3) is 0 Å². The molecule has 37 heavy (non-hydrogen) atoms. The monoisotopic (exact) mass is 522 g/mol. The molecule has 208 valence electrons. The summed E-state index contributed by atoms with van der Waals surface area (Å²) < 4.78 is 6.42. The topological polar surface area (TPSA) is 9.23 Å². The SMILES string of the molecule is CC(CCC(COCCCC(C)[SiH](c1ccccc1)c1ccccc1)C(C)CC(C)(C)C)CC(C)(C)C. The van der Waals surface area contributed by atoms with E-state index in [-0.39, 0.29) is 0 Å². The van der Waals surface area contributed by atoms with Crippen LogP contribution in [0.15, 0.2) is 60.7 Å². The fourth-order valence-corrected chi connectivity index (χ4v) is 9.93. The van der Waals surface area contributed by atoms with Gasteiger partial charge < -0.3 is 4.74 Å². The lowest BCUT2D eigenvalue weighted by atomic mass is 9.76. The first-order chi connectivity index (χ1) is 17.4. The second kappa shape index (κ2) is 15.3. The van der Waals surface area contributed by atoms with Gasteiger partial charge in [-0.3, -0.25) is 0 Å². The van der Waals surface area contributed by atoms with E-state index in [1.807, 2.05) is 0 Å². The summed E-state index contributed by atoms with van der Waals surface area (Å²) in [6.45, 7) is 23.5. The Kier molecular flexibility index (Phi) is 13.1. The van der Waals surface area contributed by atoms with Gasteiger partial charge in [0, 0.05) is 13.2 Å². The Hall–Kier alpha value is -1.38. The Morgan fingerprint density at radius 3 is 1.68 bits per heavy atom. The molecule has 4 unspecified atom stereocenters. The molecule has 0 aliphatic heterocycles. The van der Waals surface area contributed by atoms with Crippen LogP contribution in [0.2, 0.25) is 5.54 Å². The van der Waals surface area contributed by atoms with Crippen molar-refractivity contribution in [1.82, 2.24) is 0 Å². The van der Waals surface area contributed by atoms with Crippen LogP contribution >= 0.6 is 0 Å². The third-order valence-corrected chi connectivity index (χ3v) is 11.6. The highest BCUT2D eigenvalue weighted by Crippen LogP contribution is 2.34. The van der Waals surface area contributed by atoms with Crippen molar-refractivity contribution in [2.24, 2.45) is 28.6 Å². The zero-order valence-electron chi connectivity index (χ0n) is 25.7. The first-order valence-electron chi connectivity index (χ1n) is 15.0. The predicted octanol–water partition coefficient (Wildman–Crippen LogP) is 8.76. The molecule has 2 aromatic rings. The van der Waals surface area contributed by atoms with Crippen LogP contribution in [0.4, 0.5) is 0 Å². The average molecular weight is 523 g/mol. The molecule has 0 amide bonds. The molecule has 0 N–H and O–H groups in total. The summed E-state index contributed by atoms with van der Waals surface area (Å²) in [6.07, 6.45) is 7.59. The van der Waals surface area contributed by atoms with Crippen LogP contribution in [0.1, 0.15) is 101 Å². The highest BCUT2D eigenvalue weighted by atomic mass is 28.3. The number of hydrogen-bond donors (Lipinski definition) is 0. The lowest BCUT2D eigenvalue weighted by Gasteiger charge is -2.31. The van der Waals surface area contributed by atoms with Crippen molar-refractivity contribution >= 4 is 19.2 Å². The maximum Gasteiger partial charge on any atom is 0.105 e. The molecule has 0 fully saturated rings. The number of benzene rings is 2. The summed E-state index contributed by atoms with van der Waals surface area (Å²) in [4.78, 5) is 0. The van der Waals surface area contributed by atoms with E-state index in [1.54, 1.807) is 10.4 Å². The third-order valence-electron chi connectivity index (χ3n) is 7.90. The van der Waals surface area contributed by atoms with Crippen LogP contribution in [-0.4, -0.2) is 22.0 Å². The van der Waals surface area contributed by atoms with Crippen molar-refractivity contribution in [2.45, 2.75) is 106 Å². The third kappa shape index (κ3) is 12.8. The minimum absolute atomic E-state index is 0.374. The normalized spacial score (nSPS) is 15.9. The van der Waals surface area contributed by atoms with Gasteiger partial charge in [-0.05, 0) is 59.8 Å². The van der Waals surface area contributed by atoms with Crippen molar-refractivity contribution < 1.29 is 4.74 Å². The molecule has 0 heterocycles. The van der Waals surface area contributed by atoms with E-state index >= 15 is 0 Å². The average Bonchev–Trinajstić information content (AvgIpc) is 2.80. The van der Waals surface area contributed by atoms with E-state index in [1.165, 1.54) is 32.1 Å². The number of hydrogen-bond acceptors (Lipinski definition) is 1. The van der Waals surface area contributed by atoms with Gasteiger partial charge in [0.2, 0.25) is 0 Å². The molecule has 4 atom stereocenters. The van der Waals surface area contributed by atoms with Crippen molar-refractivity contribution in [3.8, 4) is 0 Å². The molecule has 0 aromatic heterocycles. The molecule has 0 saturated heterocycles. The van der Waals surface area contributed by atoms with Crippen molar-refractivity contribution in [3.05, 3.63) is 60.7 Å². The Morgan fingerprint density at radius 1 is 0.676 bits per heavy atom. The molecule has 0 bridgehead atoms. The standard InChI is InChI=1S/C35H58OSi/c1-28(25-34(4,5)6)22-23-31(29(2)26-35(7,8)9)27-36-24-16-17-30(3)37(32-18-12-10-13-19-32)33-20-14-11-15-21-33/h10-15,18-21,28-31,37H,16-17,22-27H2,1-9H3. The van der Waals surface area contributed by atoms with Crippen LogP contribution in [-0.2, 0) is 4.74 Å². The summed E-state index contributed by atoms with van der Waals surface area (Å²) in [6, 6.07) is 22.5. The largest absolute Gasteiger partial charge is 0.381 e. The predicted molar refractivity (Wildman–Crippen MR) is 168 cm³/mol. The fraction of sp³-hybridized carbons (Fsp3) is 0.657. The molecule has 0 aliphatic rings. The summed E-state index contributed by atoms with van der Waals surface area (Å²) >= 11 is 0. The molecular weight excluding hydrogens is 464 g/mol. The van der Waals surface area contributed by atoms with E-state index in [2.05, 4.69) is 123 Å². The quantitative estimate of drug-likeness (QED) is 0.168. The molecule has 0 aliphatic carbocycles. The van der Waals surface area contributed by atoms with E-state index < -0.39 is 8.80 Å². The van der Waals surface area contributed by atoms with Crippen LogP contribution in [0, 0.1) is 28.6 Å². The minimum atomic E-state index is -1.25. The first-order valence-corrected chi connectivity index (χ1v) is 16.9. The molecule has 2 rings (SSSR count). The van der Waals surface area contributed by atoms with E-state index in [9.17, 15) is 0 Å². The first kappa shape index (κ1) is 31.8. The molecule has 1 nitrogen and oxygen atoms in total. The zero-order valence-corrected chi connectivity index (χ0v) is 26.9. The van der Waals surface area contributed by atoms with Crippen molar-refractivity contribution in [2.75, 3.05) is 13.2 Å². The van der Waals surface area contributed by atoms with Gasteiger partial charge in [0.15, 0.2) is 0 Å². The molecule has 0 spiro atoms. The van der Waals surface area contributed by atoms with Crippen LogP contribution < -0.4 is 10.4 Å². The zero-order chi connectivity index (χ0) is 27.5. The smallest absolute Gasteiger partial charge is 0.105 e. The van der Waals surface area contributed by atoms with Crippen LogP contribution in [0.5, 0.6) is 0 Å². The lowest BCUT2D eigenvalue weighted by molar-refractivity contribution is 0.0606. The summed E-state index contributed by atoms with van der Waals surface area (Å²) in [5, 5.41) is 3.12. The fourth-order valence-electron chi connectivity index (χ4n) is 6.39. The van der Waals surface area contributed by atoms with Crippen molar-refractivity contribution in [3.63, 3.8) is 0 Å². The Bertz CT molecular complexity index is 809. The van der Waals surface area contributed by atoms with E-state index in [4.69, 9.17) is 4.74 Å². The van der Waals surface area contributed by atoms with Gasteiger partial charge in [-0.2, -0.15) is 0 Å². The minimum Gasteiger partial charge on any atom is -0.381 e. The molecule has 0 saturated carbocycles. The van der Waals surface area contributed by atoms with Gasteiger partial charge in [0.05, 0.1) is 0 Å². The van der Waals surface area contributed by atoms with Gasteiger partial charge in [-0.25, -0.2) is 0 Å². The van der Waals surface area contributed by atoms with Gasteiger partial charge in [0.1, 0.15) is 8.80 Å². The highest BCUT2D eigenvalue weighted by molar-refractivity contribution is 6.86. The Balaban J connectivity index is 1.90. The molecular formula is C35H58OSi. The van der Waals surface area contributed by atoms with Crippen molar-refractivity contribution in [1.29, 1.82) is 0 Å². The van der Waals surface area contributed by atoms with Crippen LogP contribution in [0.3, 0.4) is 0 Å². The van der Waals surface area contributed by atoms with Gasteiger partial charge in [-0.15, -0.1) is 0 Å². The second-order valence-corrected chi connectivity index (χ2v) is 17.9. The highest BCUT2D eigenvalue weighted by Gasteiger charge is 2.25. The molecule has 2 heteroatoms. The maximum absolute atomic E-state index is 6.42. The maximum atomic E-state index is 6.42. The van der Waals surface area contributed by atoms with Crippen LogP contribution in [0.25, 0.3) is 0 Å². The summed E-state index contributed by atoms with van der Waals surface area (Å²) in [5.74, 6) is 2.14. The molecule has 0 radical (unpaired) electrons. The lowest BCUT2D eigenvalue weighted by Crippen LogP contribution is -2.45. The Labute approximate surface area is 232 Å². The summed E-state index contributed by atoms with van der Waals surface area (Å²) in [7, 11) is -1.25. The van der Waals surface area contributed by atoms with Gasteiger partial charge >= 0.3 is 0 Å². The Morgan fingerprint density at radius 2 is 1.19 bits per heavy atom. The van der Waals surface area contributed by atoms with E-state index in [0.717, 1.165) is 25.6 Å². The number of rotatable bonds is 15. The summed E-state index contributed by atoms with van der Waals surface area (Å²) in [5.41, 5.74) is 1.50. The second-order valence-electron chi connectivity index (χ2n) is 14.4. The van der Waals surface area contributed by atoms with Gasteiger partial charge in [-0.1, -0.05) is 146 Å². The molecule has 2 aromatic carbocycles. The number of ether oxygens (including phenoxy) is 1. The van der Waals surface area contributed by atoms with E-state index in [0.29, 0.717) is 28.2 Å².